The molecule has 0 saturated heterocycles. The minimum Gasteiger partial charge on any atom is -0.454 e. The van der Waals surface area contributed by atoms with E-state index >= 15 is 0 Å². The van der Waals surface area contributed by atoms with Crippen molar-refractivity contribution in [1.29, 1.82) is 0 Å². The molecule has 0 spiro atoms. The summed E-state index contributed by atoms with van der Waals surface area (Å²) in [6, 6.07) is 4.37. The summed E-state index contributed by atoms with van der Waals surface area (Å²) in [5.41, 5.74) is 0. The Hall–Kier alpha value is -1.33. The smallest absolute Gasteiger partial charge is 0.312 e. The van der Waals surface area contributed by atoms with Gasteiger partial charge < -0.3 is 4.42 Å². The van der Waals surface area contributed by atoms with Crippen LogP contribution in [0.15, 0.2) is 16.5 Å². The Morgan fingerprint density at radius 2 is 1.71 bits per heavy atom. The summed E-state index contributed by atoms with van der Waals surface area (Å²) in [7, 11) is 3.00. The molecule has 1 heterocycles. The van der Waals surface area contributed by atoms with E-state index in [9.17, 15) is 4.79 Å². The van der Waals surface area contributed by atoms with Crippen LogP contribution in [-0.4, -0.2) is 42.1 Å². The quantitative estimate of drug-likeness (QED) is 0.753. The molecule has 5 heteroatoms. The van der Waals surface area contributed by atoms with Gasteiger partial charge >= 0.3 is 5.91 Å². The number of hydroxylamine groups is 2. The molecule has 0 atom stereocenters. The van der Waals surface area contributed by atoms with Crippen molar-refractivity contribution in [2.75, 3.05) is 14.2 Å². The number of nitrogens with zero attached hydrogens (tertiary/aromatic N) is 2. The summed E-state index contributed by atoms with van der Waals surface area (Å²) >= 11 is 0. The van der Waals surface area contributed by atoms with E-state index in [-0.39, 0.29) is 5.91 Å². The lowest BCUT2D eigenvalue weighted by molar-refractivity contribution is -0.0774. The van der Waals surface area contributed by atoms with Gasteiger partial charge in [-0.05, 0) is 39.8 Å². The zero-order valence-corrected chi connectivity index (χ0v) is 14.6. The highest BCUT2D eigenvalue weighted by Crippen LogP contribution is 2.16. The molecule has 1 amide bonds. The summed E-state index contributed by atoms with van der Waals surface area (Å²) in [6.07, 6.45) is 0. The Balaban J connectivity index is 0.00000191. The standard InChI is InChI=1S/C14H24N2O3.C2H6/c1-10(2)16(11(3)4)9-12-7-8-13(19-12)14(17)15(5)18-6;1-2/h7-8,10-11H,9H2,1-6H3;1-2H3. The summed E-state index contributed by atoms with van der Waals surface area (Å²) in [5.74, 6) is 0.802. The van der Waals surface area contributed by atoms with Crippen LogP contribution in [-0.2, 0) is 11.4 Å². The summed E-state index contributed by atoms with van der Waals surface area (Å²) in [4.78, 5) is 19.0. The fourth-order valence-electron chi connectivity index (χ4n) is 1.96. The van der Waals surface area contributed by atoms with Crippen LogP contribution in [0.1, 0.15) is 57.9 Å². The molecule has 0 aliphatic rings. The summed E-state index contributed by atoms with van der Waals surface area (Å²) in [6.45, 7) is 13.3. The molecule has 1 aromatic heterocycles. The molecule has 0 aliphatic heterocycles. The molecule has 0 saturated carbocycles. The third-order valence-electron chi connectivity index (χ3n) is 3.10. The van der Waals surface area contributed by atoms with Gasteiger partial charge in [0.05, 0.1) is 13.7 Å². The van der Waals surface area contributed by atoms with E-state index in [0.29, 0.717) is 24.4 Å². The third-order valence-corrected chi connectivity index (χ3v) is 3.10. The van der Waals surface area contributed by atoms with Crippen molar-refractivity contribution >= 4 is 5.91 Å². The maximum atomic E-state index is 11.8. The van der Waals surface area contributed by atoms with Gasteiger partial charge in [-0.1, -0.05) is 13.8 Å². The molecule has 122 valence electrons. The van der Waals surface area contributed by atoms with Crippen LogP contribution in [0.3, 0.4) is 0 Å². The van der Waals surface area contributed by atoms with Gasteiger partial charge in [0.15, 0.2) is 5.76 Å². The fourth-order valence-corrected chi connectivity index (χ4v) is 1.96. The van der Waals surface area contributed by atoms with Crippen LogP contribution in [0.2, 0.25) is 0 Å². The van der Waals surface area contributed by atoms with Crippen LogP contribution in [0.4, 0.5) is 0 Å². The maximum Gasteiger partial charge on any atom is 0.312 e. The van der Waals surface area contributed by atoms with Crippen molar-refractivity contribution in [2.45, 2.75) is 60.2 Å². The molecule has 0 N–H and O–H groups in total. The Morgan fingerprint density at radius 1 is 1.19 bits per heavy atom. The van der Waals surface area contributed by atoms with Crippen molar-refractivity contribution in [3.63, 3.8) is 0 Å². The van der Waals surface area contributed by atoms with Gasteiger partial charge in [-0.2, -0.15) is 0 Å². The van der Waals surface area contributed by atoms with E-state index in [2.05, 4.69) is 32.6 Å². The Kier molecular flexibility index (Phi) is 8.97. The lowest BCUT2D eigenvalue weighted by Crippen LogP contribution is -2.36. The predicted molar refractivity (Wildman–Crippen MR) is 85.0 cm³/mol. The Bertz CT molecular complexity index is 405. The molecule has 1 aromatic rings. The van der Waals surface area contributed by atoms with Crippen LogP contribution in [0, 0.1) is 0 Å². The average Bonchev–Trinajstić information content (AvgIpc) is 2.93. The summed E-state index contributed by atoms with van der Waals surface area (Å²) < 4.78 is 5.59. The van der Waals surface area contributed by atoms with Crippen molar-refractivity contribution in [1.82, 2.24) is 9.96 Å². The van der Waals surface area contributed by atoms with Crippen molar-refractivity contribution in [3.8, 4) is 0 Å². The topological polar surface area (TPSA) is 45.9 Å². The molecule has 0 radical (unpaired) electrons. The van der Waals surface area contributed by atoms with Gasteiger partial charge in [0.25, 0.3) is 0 Å². The van der Waals surface area contributed by atoms with Crippen molar-refractivity contribution < 1.29 is 14.0 Å². The Labute approximate surface area is 128 Å². The van der Waals surface area contributed by atoms with Gasteiger partial charge in [-0.25, -0.2) is 5.06 Å². The van der Waals surface area contributed by atoms with Gasteiger partial charge in [0.1, 0.15) is 5.76 Å². The highest BCUT2D eigenvalue weighted by atomic mass is 16.7. The molecule has 0 fully saturated rings. The third kappa shape index (κ3) is 5.89. The van der Waals surface area contributed by atoms with E-state index in [0.717, 1.165) is 10.8 Å². The number of hydrogen-bond donors (Lipinski definition) is 0. The van der Waals surface area contributed by atoms with Crippen molar-refractivity contribution in [2.24, 2.45) is 0 Å². The van der Waals surface area contributed by atoms with Gasteiger partial charge in [-0.15, -0.1) is 0 Å². The number of furan rings is 1. The first-order chi connectivity index (χ1) is 9.86. The van der Waals surface area contributed by atoms with Crippen LogP contribution >= 0.6 is 0 Å². The monoisotopic (exact) mass is 298 g/mol. The molecular formula is C16H30N2O3. The molecular weight excluding hydrogens is 268 g/mol. The van der Waals surface area contributed by atoms with Gasteiger partial charge in [0.2, 0.25) is 0 Å². The first-order valence-electron chi connectivity index (χ1n) is 7.53. The normalized spacial score (nSPS) is 10.8. The lowest BCUT2D eigenvalue weighted by Gasteiger charge is -2.29. The number of carbonyl (C=O) groups excluding carboxylic acids is 1. The second-order valence-corrected chi connectivity index (χ2v) is 5.11. The minimum atomic E-state index is -0.283. The van der Waals surface area contributed by atoms with E-state index < -0.39 is 0 Å². The average molecular weight is 298 g/mol. The zero-order chi connectivity index (χ0) is 16.6. The van der Waals surface area contributed by atoms with Gasteiger partial charge in [0, 0.05) is 19.1 Å². The highest BCUT2D eigenvalue weighted by Gasteiger charge is 2.19. The SMILES string of the molecule is CC.CON(C)C(=O)c1ccc(CN(C(C)C)C(C)C)o1. The molecule has 1 rings (SSSR count). The lowest BCUT2D eigenvalue weighted by atomic mass is 10.2. The Morgan fingerprint density at radius 3 is 2.14 bits per heavy atom. The maximum absolute atomic E-state index is 11.8. The number of carbonyl (C=O) groups is 1. The predicted octanol–water partition coefficient (Wildman–Crippen LogP) is 3.56. The van der Waals surface area contributed by atoms with E-state index in [1.54, 1.807) is 13.1 Å². The molecule has 0 unspecified atom stereocenters. The van der Waals surface area contributed by atoms with E-state index in [1.807, 2.05) is 19.9 Å². The number of rotatable bonds is 6. The second kappa shape index (κ2) is 9.58. The summed E-state index contributed by atoms with van der Waals surface area (Å²) in [5, 5.41) is 1.14. The fraction of sp³-hybridized carbons (Fsp3) is 0.688. The minimum absolute atomic E-state index is 0.283. The zero-order valence-electron chi connectivity index (χ0n) is 14.6. The van der Waals surface area contributed by atoms with E-state index in [4.69, 9.17) is 9.25 Å². The first-order valence-corrected chi connectivity index (χ1v) is 7.53. The van der Waals surface area contributed by atoms with Crippen LogP contribution in [0.25, 0.3) is 0 Å². The van der Waals surface area contributed by atoms with E-state index in [1.165, 1.54) is 7.11 Å². The number of hydrogen-bond acceptors (Lipinski definition) is 4. The second-order valence-electron chi connectivity index (χ2n) is 5.11. The first kappa shape index (κ1) is 19.7. The van der Waals surface area contributed by atoms with Gasteiger partial charge in [-0.3, -0.25) is 14.5 Å². The number of amides is 1. The molecule has 5 nitrogen and oxygen atoms in total. The van der Waals surface area contributed by atoms with Crippen molar-refractivity contribution in [3.05, 3.63) is 23.7 Å². The molecule has 0 aliphatic carbocycles. The van der Waals surface area contributed by atoms with Crippen LogP contribution < -0.4 is 0 Å². The molecule has 0 aromatic carbocycles. The van der Waals surface area contributed by atoms with Crippen LogP contribution in [0.5, 0.6) is 0 Å². The molecule has 21 heavy (non-hydrogen) atoms. The largest absolute Gasteiger partial charge is 0.454 e. The highest BCUT2D eigenvalue weighted by molar-refractivity contribution is 5.90. The molecule has 0 bridgehead atoms.